The molecule has 1 aromatic heterocycles. The van der Waals surface area contributed by atoms with Crippen molar-refractivity contribution in [3.8, 4) is 22.8 Å². The predicted molar refractivity (Wildman–Crippen MR) is 64.6 cm³/mol. The molecule has 1 N–H and O–H groups in total. The van der Waals surface area contributed by atoms with Crippen LogP contribution in [0.2, 0.25) is 0 Å². The Morgan fingerprint density at radius 3 is 2.68 bits per heavy atom. The first-order valence-electron chi connectivity index (χ1n) is 5.76. The fourth-order valence-electron chi connectivity index (χ4n) is 1.99. The molecule has 0 fully saturated rings. The van der Waals surface area contributed by atoms with Gasteiger partial charge in [0.2, 0.25) is 0 Å². The average molecular weight is 261 g/mol. The van der Waals surface area contributed by atoms with Gasteiger partial charge >= 0.3 is 5.97 Å². The summed E-state index contributed by atoms with van der Waals surface area (Å²) in [4.78, 5) is 10.9. The Morgan fingerprint density at radius 2 is 2.00 bits per heavy atom. The van der Waals surface area contributed by atoms with Crippen molar-refractivity contribution in [2.75, 3.05) is 13.2 Å². The molecular weight excluding hydrogens is 250 g/mol. The van der Waals surface area contributed by atoms with E-state index in [-0.39, 0.29) is 5.69 Å². The summed E-state index contributed by atoms with van der Waals surface area (Å²) in [5.74, 6) is 0.612. The first-order chi connectivity index (χ1) is 9.16. The van der Waals surface area contributed by atoms with Crippen molar-refractivity contribution in [2.45, 2.75) is 6.92 Å². The number of carboxylic acid groups (broad SMARTS) is 1. The van der Waals surface area contributed by atoms with Gasteiger partial charge in [-0.3, -0.25) is 0 Å². The van der Waals surface area contributed by atoms with Crippen molar-refractivity contribution in [3.05, 3.63) is 29.5 Å². The van der Waals surface area contributed by atoms with E-state index >= 15 is 0 Å². The molecule has 6 heteroatoms. The molecule has 0 aliphatic carbocycles. The van der Waals surface area contributed by atoms with Crippen LogP contribution in [0.5, 0.6) is 11.5 Å². The fraction of sp³-hybridized carbons (Fsp3) is 0.231. The highest BCUT2D eigenvalue weighted by molar-refractivity contribution is 5.89. The molecule has 0 bridgehead atoms. The SMILES string of the molecule is Cc1c(C(=O)O)noc1-c1ccc2c(c1)OCCO2. The van der Waals surface area contributed by atoms with Gasteiger partial charge in [0.25, 0.3) is 0 Å². The lowest BCUT2D eigenvalue weighted by molar-refractivity contribution is 0.0685. The minimum atomic E-state index is -1.11. The second-order valence-electron chi connectivity index (χ2n) is 4.15. The van der Waals surface area contributed by atoms with Crippen molar-refractivity contribution < 1.29 is 23.9 Å². The van der Waals surface area contributed by atoms with Gasteiger partial charge in [-0.25, -0.2) is 4.79 Å². The highest BCUT2D eigenvalue weighted by Crippen LogP contribution is 2.35. The number of rotatable bonds is 2. The normalized spacial score (nSPS) is 13.3. The van der Waals surface area contributed by atoms with Crippen molar-refractivity contribution in [1.82, 2.24) is 5.16 Å². The molecule has 0 saturated heterocycles. The van der Waals surface area contributed by atoms with E-state index in [0.29, 0.717) is 41.6 Å². The van der Waals surface area contributed by atoms with E-state index < -0.39 is 5.97 Å². The standard InChI is InChI=1S/C13H11NO5/c1-7-11(13(15)16)14-19-12(7)8-2-3-9-10(6-8)18-5-4-17-9/h2-3,6H,4-5H2,1H3,(H,15,16). The van der Waals surface area contributed by atoms with Crippen LogP contribution in [0.1, 0.15) is 16.1 Å². The minimum absolute atomic E-state index is 0.0788. The molecule has 1 aromatic carbocycles. The van der Waals surface area contributed by atoms with Crippen LogP contribution in [-0.2, 0) is 0 Å². The third kappa shape index (κ3) is 1.91. The molecule has 98 valence electrons. The van der Waals surface area contributed by atoms with Crippen LogP contribution in [0.4, 0.5) is 0 Å². The molecule has 0 spiro atoms. The van der Waals surface area contributed by atoms with Crippen molar-refractivity contribution in [1.29, 1.82) is 0 Å². The zero-order valence-electron chi connectivity index (χ0n) is 10.2. The van der Waals surface area contributed by atoms with Crippen LogP contribution in [0.3, 0.4) is 0 Å². The molecule has 2 heterocycles. The second-order valence-corrected chi connectivity index (χ2v) is 4.15. The van der Waals surface area contributed by atoms with Crippen LogP contribution in [0.25, 0.3) is 11.3 Å². The summed E-state index contributed by atoms with van der Waals surface area (Å²) >= 11 is 0. The number of hydrogen-bond donors (Lipinski definition) is 1. The number of aromatic carboxylic acids is 1. The molecular formula is C13H11NO5. The van der Waals surface area contributed by atoms with E-state index in [1.165, 1.54) is 0 Å². The number of carboxylic acids is 1. The summed E-state index contributed by atoms with van der Waals surface area (Å²) in [5, 5.41) is 12.5. The Kier molecular flexibility index (Phi) is 2.63. The zero-order valence-corrected chi connectivity index (χ0v) is 10.2. The second kappa shape index (κ2) is 4.31. The summed E-state index contributed by atoms with van der Waals surface area (Å²) in [6, 6.07) is 5.31. The number of nitrogens with zero attached hydrogens (tertiary/aromatic N) is 1. The minimum Gasteiger partial charge on any atom is -0.486 e. The van der Waals surface area contributed by atoms with Crippen LogP contribution in [0.15, 0.2) is 22.7 Å². The smallest absolute Gasteiger partial charge is 0.358 e. The maximum Gasteiger partial charge on any atom is 0.358 e. The van der Waals surface area contributed by atoms with Crippen LogP contribution in [0, 0.1) is 6.92 Å². The fourth-order valence-corrected chi connectivity index (χ4v) is 1.99. The van der Waals surface area contributed by atoms with Crippen LogP contribution in [-0.4, -0.2) is 29.4 Å². The third-order valence-electron chi connectivity index (χ3n) is 2.93. The van der Waals surface area contributed by atoms with Gasteiger partial charge in [-0.05, 0) is 25.1 Å². The summed E-state index contributed by atoms with van der Waals surface area (Å²) in [7, 11) is 0. The van der Waals surface area contributed by atoms with Crippen molar-refractivity contribution >= 4 is 5.97 Å². The van der Waals surface area contributed by atoms with Gasteiger partial charge in [-0.2, -0.15) is 0 Å². The van der Waals surface area contributed by atoms with Crippen molar-refractivity contribution in [3.63, 3.8) is 0 Å². The monoisotopic (exact) mass is 261 g/mol. The molecule has 1 aliphatic heterocycles. The predicted octanol–water partition coefficient (Wildman–Crippen LogP) is 2.12. The molecule has 3 rings (SSSR count). The number of aromatic nitrogens is 1. The lowest BCUT2D eigenvalue weighted by atomic mass is 10.1. The van der Waals surface area contributed by atoms with Gasteiger partial charge in [0, 0.05) is 11.1 Å². The maximum absolute atomic E-state index is 10.9. The Balaban J connectivity index is 2.05. The summed E-state index contributed by atoms with van der Waals surface area (Å²) < 4.78 is 16.0. The summed E-state index contributed by atoms with van der Waals surface area (Å²) in [5.41, 5.74) is 1.12. The number of benzene rings is 1. The molecule has 0 atom stereocenters. The Hall–Kier alpha value is -2.50. The number of carbonyl (C=O) groups is 1. The summed E-state index contributed by atoms with van der Waals surface area (Å²) in [6.45, 7) is 2.68. The maximum atomic E-state index is 10.9. The number of ether oxygens (including phenoxy) is 2. The van der Waals surface area contributed by atoms with E-state index in [2.05, 4.69) is 5.16 Å². The highest BCUT2D eigenvalue weighted by Gasteiger charge is 2.20. The Labute approximate surface area is 108 Å². The molecule has 0 radical (unpaired) electrons. The van der Waals surface area contributed by atoms with Gasteiger partial charge in [0.05, 0.1) is 0 Å². The van der Waals surface area contributed by atoms with E-state index in [9.17, 15) is 4.79 Å². The van der Waals surface area contributed by atoms with Crippen molar-refractivity contribution in [2.24, 2.45) is 0 Å². The number of hydrogen-bond acceptors (Lipinski definition) is 5. The van der Waals surface area contributed by atoms with Gasteiger partial charge in [0.15, 0.2) is 23.0 Å². The van der Waals surface area contributed by atoms with Gasteiger partial charge in [-0.1, -0.05) is 5.16 Å². The first-order valence-corrected chi connectivity index (χ1v) is 5.76. The van der Waals surface area contributed by atoms with Crippen LogP contribution >= 0.6 is 0 Å². The van der Waals surface area contributed by atoms with Gasteiger partial charge in [-0.15, -0.1) is 0 Å². The molecule has 0 unspecified atom stereocenters. The van der Waals surface area contributed by atoms with E-state index in [1.807, 2.05) is 0 Å². The van der Waals surface area contributed by atoms with E-state index in [0.717, 1.165) is 0 Å². The molecule has 0 amide bonds. The Morgan fingerprint density at radius 1 is 1.26 bits per heavy atom. The van der Waals surface area contributed by atoms with E-state index in [4.69, 9.17) is 19.1 Å². The Bertz CT molecular complexity index is 646. The molecule has 2 aromatic rings. The quantitative estimate of drug-likeness (QED) is 0.891. The summed E-state index contributed by atoms with van der Waals surface area (Å²) in [6.07, 6.45) is 0. The average Bonchev–Trinajstić information content (AvgIpc) is 2.80. The van der Waals surface area contributed by atoms with E-state index in [1.54, 1.807) is 25.1 Å². The lowest BCUT2D eigenvalue weighted by Gasteiger charge is -2.18. The number of fused-ring (bicyclic) bond motifs is 1. The molecule has 0 saturated carbocycles. The third-order valence-corrected chi connectivity index (χ3v) is 2.93. The van der Waals surface area contributed by atoms with Crippen LogP contribution < -0.4 is 9.47 Å². The topological polar surface area (TPSA) is 81.8 Å². The van der Waals surface area contributed by atoms with Gasteiger partial charge < -0.3 is 19.1 Å². The zero-order chi connectivity index (χ0) is 13.4. The molecule has 19 heavy (non-hydrogen) atoms. The first kappa shape index (κ1) is 11.6. The highest BCUT2D eigenvalue weighted by atomic mass is 16.6. The molecule has 1 aliphatic rings. The van der Waals surface area contributed by atoms with Gasteiger partial charge in [0.1, 0.15) is 13.2 Å². The largest absolute Gasteiger partial charge is 0.486 e. The molecule has 6 nitrogen and oxygen atoms in total. The lowest BCUT2D eigenvalue weighted by Crippen LogP contribution is -2.15.